The second-order valence-electron chi connectivity index (χ2n) is 6.77. The first-order chi connectivity index (χ1) is 14.4. The Bertz CT molecular complexity index is 1040. The van der Waals surface area contributed by atoms with Crippen LogP contribution in [0, 0.1) is 6.92 Å². The molecule has 1 atom stereocenters. The van der Waals surface area contributed by atoms with E-state index in [-0.39, 0.29) is 5.91 Å². The van der Waals surface area contributed by atoms with Crippen molar-refractivity contribution < 1.29 is 9.59 Å². The molecule has 3 aromatic rings. The molecule has 30 heavy (non-hydrogen) atoms. The lowest BCUT2D eigenvalue weighted by Crippen LogP contribution is -2.47. The summed E-state index contributed by atoms with van der Waals surface area (Å²) in [5.74, 6) is -0.386. The number of rotatable bonds is 6. The van der Waals surface area contributed by atoms with Crippen LogP contribution in [0.2, 0.25) is 10.0 Å². The first-order valence-corrected chi connectivity index (χ1v) is 10.1. The smallest absolute Gasteiger partial charge is 0.319 e. The average Bonchev–Trinajstić information content (AvgIpc) is 2.72. The lowest BCUT2D eigenvalue weighted by Gasteiger charge is -2.20. The van der Waals surface area contributed by atoms with Gasteiger partial charge in [0, 0.05) is 17.1 Å². The predicted octanol–water partition coefficient (Wildman–Crippen LogP) is 5.67. The van der Waals surface area contributed by atoms with Crippen LogP contribution in [0.4, 0.5) is 16.2 Å². The van der Waals surface area contributed by atoms with Crippen LogP contribution in [-0.4, -0.2) is 18.0 Å². The van der Waals surface area contributed by atoms with E-state index in [0.717, 1.165) is 11.1 Å². The lowest BCUT2D eigenvalue weighted by molar-refractivity contribution is -0.117. The number of halogens is 2. The van der Waals surface area contributed by atoms with E-state index in [9.17, 15) is 9.59 Å². The minimum atomic E-state index is -0.817. The van der Waals surface area contributed by atoms with Crippen LogP contribution >= 0.6 is 23.2 Å². The fourth-order valence-electron chi connectivity index (χ4n) is 2.90. The number of nitrogens with one attached hydrogen (secondary N) is 3. The van der Waals surface area contributed by atoms with Gasteiger partial charge in [-0.15, -0.1) is 0 Å². The maximum absolute atomic E-state index is 13.0. The Kier molecular flexibility index (Phi) is 7.33. The van der Waals surface area contributed by atoms with Crippen LogP contribution in [-0.2, 0) is 11.2 Å². The topological polar surface area (TPSA) is 70.2 Å². The zero-order valence-corrected chi connectivity index (χ0v) is 17.8. The summed E-state index contributed by atoms with van der Waals surface area (Å²) in [7, 11) is 0. The third-order valence-corrected chi connectivity index (χ3v) is 5.03. The Balaban J connectivity index is 1.76. The number of hydrogen-bond acceptors (Lipinski definition) is 2. The van der Waals surface area contributed by atoms with E-state index in [1.807, 2.05) is 55.5 Å². The monoisotopic (exact) mass is 441 g/mol. The highest BCUT2D eigenvalue weighted by atomic mass is 35.5. The number of amides is 3. The number of aryl methyl sites for hydroxylation is 1. The Morgan fingerprint density at radius 2 is 1.57 bits per heavy atom. The normalized spacial score (nSPS) is 11.4. The molecule has 3 N–H and O–H groups in total. The SMILES string of the molecule is Cc1ccccc1NC(=O)NC(Cc1ccccc1)C(=O)Nc1ccc(Cl)cc1Cl. The van der Waals surface area contributed by atoms with Gasteiger partial charge in [0.1, 0.15) is 6.04 Å². The molecule has 154 valence electrons. The highest BCUT2D eigenvalue weighted by Gasteiger charge is 2.22. The first kappa shape index (κ1) is 21.7. The van der Waals surface area contributed by atoms with Gasteiger partial charge in [0.25, 0.3) is 0 Å². The standard InChI is InChI=1S/C23H21Cl2N3O2/c1-15-7-5-6-10-19(15)27-23(30)28-21(13-16-8-3-2-4-9-16)22(29)26-20-12-11-17(24)14-18(20)25/h2-12,14,21H,13H2,1H3,(H,26,29)(H2,27,28,30). The number of hydrogen-bond donors (Lipinski definition) is 3. The molecule has 0 aliphatic rings. The summed E-state index contributed by atoms with van der Waals surface area (Å²) >= 11 is 12.1. The van der Waals surface area contributed by atoms with Gasteiger partial charge in [-0.05, 0) is 42.3 Å². The molecule has 3 rings (SSSR count). The van der Waals surface area contributed by atoms with Crippen LogP contribution in [0.1, 0.15) is 11.1 Å². The van der Waals surface area contributed by atoms with E-state index in [1.54, 1.807) is 24.3 Å². The van der Waals surface area contributed by atoms with Crippen LogP contribution < -0.4 is 16.0 Å². The van der Waals surface area contributed by atoms with Crippen molar-refractivity contribution >= 4 is 46.5 Å². The second-order valence-corrected chi connectivity index (χ2v) is 7.61. The molecule has 0 fully saturated rings. The average molecular weight is 442 g/mol. The number of carbonyl (C=O) groups is 2. The molecule has 0 spiro atoms. The molecule has 0 bridgehead atoms. The van der Waals surface area contributed by atoms with E-state index in [1.165, 1.54) is 0 Å². The van der Waals surface area contributed by atoms with Gasteiger partial charge in [-0.2, -0.15) is 0 Å². The molecule has 0 aliphatic carbocycles. The van der Waals surface area contributed by atoms with Gasteiger partial charge >= 0.3 is 6.03 Å². The summed E-state index contributed by atoms with van der Waals surface area (Å²) in [4.78, 5) is 25.6. The van der Waals surface area contributed by atoms with E-state index < -0.39 is 12.1 Å². The molecule has 3 aromatic carbocycles. The number of anilines is 2. The van der Waals surface area contributed by atoms with Crippen LogP contribution in [0.3, 0.4) is 0 Å². The van der Waals surface area contributed by atoms with Crippen LogP contribution in [0.15, 0.2) is 72.8 Å². The zero-order chi connectivity index (χ0) is 21.5. The molecule has 0 saturated carbocycles. The van der Waals surface area contributed by atoms with Gasteiger partial charge in [0.05, 0.1) is 10.7 Å². The van der Waals surface area contributed by atoms with Gasteiger partial charge in [0.2, 0.25) is 5.91 Å². The van der Waals surface area contributed by atoms with Gasteiger partial charge in [0.15, 0.2) is 0 Å². The molecule has 0 heterocycles. The Hall–Kier alpha value is -3.02. The number of para-hydroxylation sites is 1. The molecule has 0 radical (unpaired) electrons. The first-order valence-electron chi connectivity index (χ1n) is 9.35. The second kappa shape index (κ2) is 10.1. The van der Waals surface area contributed by atoms with Crippen molar-refractivity contribution in [3.8, 4) is 0 Å². The minimum Gasteiger partial charge on any atom is -0.326 e. The zero-order valence-electron chi connectivity index (χ0n) is 16.3. The molecule has 5 nitrogen and oxygen atoms in total. The molecular weight excluding hydrogens is 421 g/mol. The summed E-state index contributed by atoms with van der Waals surface area (Å²) in [5.41, 5.74) is 2.93. The molecular formula is C23H21Cl2N3O2. The molecule has 1 unspecified atom stereocenters. The number of carbonyl (C=O) groups excluding carboxylic acids is 2. The maximum atomic E-state index is 13.0. The summed E-state index contributed by atoms with van der Waals surface area (Å²) in [6.45, 7) is 1.90. The lowest BCUT2D eigenvalue weighted by atomic mass is 10.1. The maximum Gasteiger partial charge on any atom is 0.319 e. The Labute approximate surface area is 185 Å². The van der Waals surface area contributed by atoms with Crippen LogP contribution in [0.5, 0.6) is 0 Å². The molecule has 0 aromatic heterocycles. The molecule has 0 saturated heterocycles. The van der Waals surface area contributed by atoms with E-state index in [2.05, 4.69) is 16.0 Å². The Morgan fingerprint density at radius 1 is 0.867 bits per heavy atom. The number of benzene rings is 3. The quantitative estimate of drug-likeness (QED) is 0.460. The molecule has 3 amide bonds. The third-order valence-electron chi connectivity index (χ3n) is 4.49. The minimum absolute atomic E-state index is 0.318. The largest absolute Gasteiger partial charge is 0.326 e. The van der Waals surface area contributed by atoms with Crippen molar-refractivity contribution in [2.24, 2.45) is 0 Å². The van der Waals surface area contributed by atoms with E-state index in [4.69, 9.17) is 23.2 Å². The van der Waals surface area contributed by atoms with Gasteiger partial charge in [-0.1, -0.05) is 71.7 Å². The van der Waals surface area contributed by atoms with Crippen molar-refractivity contribution in [1.29, 1.82) is 0 Å². The van der Waals surface area contributed by atoms with Crippen molar-refractivity contribution in [3.63, 3.8) is 0 Å². The van der Waals surface area contributed by atoms with E-state index in [0.29, 0.717) is 27.8 Å². The highest BCUT2D eigenvalue weighted by Crippen LogP contribution is 2.25. The van der Waals surface area contributed by atoms with Crippen LogP contribution in [0.25, 0.3) is 0 Å². The number of urea groups is 1. The van der Waals surface area contributed by atoms with Gasteiger partial charge in [-0.3, -0.25) is 4.79 Å². The molecule has 0 aliphatic heterocycles. The van der Waals surface area contributed by atoms with Crippen molar-refractivity contribution in [2.45, 2.75) is 19.4 Å². The van der Waals surface area contributed by atoms with Gasteiger partial charge in [-0.25, -0.2) is 4.79 Å². The summed E-state index contributed by atoms with van der Waals surface area (Å²) in [6.07, 6.45) is 0.319. The fraction of sp³-hybridized carbons (Fsp3) is 0.130. The highest BCUT2D eigenvalue weighted by molar-refractivity contribution is 6.36. The summed E-state index contributed by atoms with van der Waals surface area (Å²) in [5, 5.41) is 9.10. The summed E-state index contributed by atoms with van der Waals surface area (Å²) < 4.78 is 0. The van der Waals surface area contributed by atoms with E-state index >= 15 is 0 Å². The molecule has 7 heteroatoms. The predicted molar refractivity (Wildman–Crippen MR) is 122 cm³/mol. The van der Waals surface area contributed by atoms with Gasteiger partial charge < -0.3 is 16.0 Å². The third kappa shape index (κ3) is 5.99. The van der Waals surface area contributed by atoms with Crippen molar-refractivity contribution in [1.82, 2.24) is 5.32 Å². The Morgan fingerprint density at radius 3 is 2.27 bits per heavy atom. The fourth-order valence-corrected chi connectivity index (χ4v) is 3.36. The van der Waals surface area contributed by atoms with Crippen molar-refractivity contribution in [3.05, 3.63) is 94.0 Å². The van der Waals surface area contributed by atoms with Crippen molar-refractivity contribution in [2.75, 3.05) is 10.6 Å². The summed E-state index contributed by atoms with van der Waals surface area (Å²) in [6, 6.07) is 20.4.